The van der Waals surface area contributed by atoms with Gasteiger partial charge < -0.3 is 9.62 Å². The summed E-state index contributed by atoms with van der Waals surface area (Å²) >= 11 is 0. The predicted molar refractivity (Wildman–Crippen MR) is 32.0 cm³/mol. The lowest BCUT2D eigenvalue weighted by molar-refractivity contribution is 0.123. The Kier molecular flexibility index (Phi) is 1.87. The van der Waals surface area contributed by atoms with Gasteiger partial charge in [-0.25, -0.2) is 0 Å². The molecule has 0 saturated carbocycles. The fourth-order valence-corrected chi connectivity index (χ4v) is 0.601. The molecule has 0 aliphatic rings. The highest BCUT2D eigenvalue weighted by molar-refractivity contribution is 5.01. The highest BCUT2D eigenvalue weighted by Gasteiger charge is 2.03. The molecular formula is C6H9NO2. The second-order valence-corrected chi connectivity index (χ2v) is 1.87. The van der Waals surface area contributed by atoms with Crippen molar-refractivity contribution in [2.45, 2.75) is 13.0 Å². The Bertz CT molecular complexity index is 160. The molecule has 0 saturated heterocycles. The van der Waals surface area contributed by atoms with Crippen LogP contribution in [0.15, 0.2) is 22.8 Å². The Morgan fingerprint density at radius 2 is 2.56 bits per heavy atom. The van der Waals surface area contributed by atoms with Crippen molar-refractivity contribution >= 4 is 0 Å². The molecule has 0 amide bonds. The minimum atomic E-state index is -0.125. The van der Waals surface area contributed by atoms with Gasteiger partial charge in [-0.1, -0.05) is 0 Å². The molecule has 9 heavy (non-hydrogen) atoms. The van der Waals surface area contributed by atoms with Gasteiger partial charge in [0.15, 0.2) is 0 Å². The van der Waals surface area contributed by atoms with Gasteiger partial charge in [-0.3, -0.25) is 0 Å². The molecule has 1 aromatic heterocycles. The van der Waals surface area contributed by atoms with E-state index in [0.717, 1.165) is 5.76 Å². The smallest absolute Gasteiger partial charge is 0.122 e. The molecule has 0 spiro atoms. The molecular weight excluding hydrogens is 118 g/mol. The van der Waals surface area contributed by atoms with Crippen molar-refractivity contribution in [1.29, 1.82) is 0 Å². The second kappa shape index (κ2) is 2.66. The maximum Gasteiger partial charge on any atom is 0.122 e. The van der Waals surface area contributed by atoms with Crippen LogP contribution < -0.4 is 5.48 Å². The van der Waals surface area contributed by atoms with Gasteiger partial charge in [0.25, 0.3) is 0 Å². The molecule has 3 heteroatoms. The molecule has 0 aliphatic carbocycles. The summed E-state index contributed by atoms with van der Waals surface area (Å²) in [6.45, 7) is 1.80. The number of hydrogen-bond donors (Lipinski definition) is 2. The lowest BCUT2D eigenvalue weighted by Crippen LogP contribution is -2.11. The van der Waals surface area contributed by atoms with Crippen molar-refractivity contribution in [2.24, 2.45) is 0 Å². The number of furan rings is 1. The summed E-state index contributed by atoms with van der Waals surface area (Å²) in [5.41, 5.74) is 2.07. The maximum absolute atomic E-state index is 8.40. The van der Waals surface area contributed by atoms with Gasteiger partial charge in [-0.05, 0) is 19.1 Å². The third-order valence-electron chi connectivity index (χ3n) is 1.16. The quantitative estimate of drug-likeness (QED) is 0.589. The van der Waals surface area contributed by atoms with Crippen LogP contribution in [0.3, 0.4) is 0 Å². The number of rotatable bonds is 2. The van der Waals surface area contributed by atoms with E-state index >= 15 is 0 Å². The van der Waals surface area contributed by atoms with Gasteiger partial charge in [0.2, 0.25) is 0 Å². The maximum atomic E-state index is 8.40. The Labute approximate surface area is 53.3 Å². The van der Waals surface area contributed by atoms with Gasteiger partial charge in [-0.15, -0.1) is 0 Å². The molecule has 0 aromatic carbocycles. The van der Waals surface area contributed by atoms with Crippen molar-refractivity contribution in [3.05, 3.63) is 24.2 Å². The largest absolute Gasteiger partial charge is 0.468 e. The van der Waals surface area contributed by atoms with Crippen molar-refractivity contribution in [3.8, 4) is 0 Å². The summed E-state index contributed by atoms with van der Waals surface area (Å²) in [5, 5.41) is 8.40. The van der Waals surface area contributed by atoms with Gasteiger partial charge in [0, 0.05) is 0 Å². The molecule has 1 aromatic rings. The van der Waals surface area contributed by atoms with E-state index in [4.69, 9.17) is 9.62 Å². The zero-order chi connectivity index (χ0) is 6.69. The summed E-state index contributed by atoms with van der Waals surface area (Å²) in [6, 6.07) is 3.46. The van der Waals surface area contributed by atoms with Crippen LogP contribution in [0.4, 0.5) is 0 Å². The van der Waals surface area contributed by atoms with E-state index in [1.54, 1.807) is 25.3 Å². The van der Waals surface area contributed by atoms with Gasteiger partial charge in [0.1, 0.15) is 5.76 Å². The van der Waals surface area contributed by atoms with Gasteiger partial charge in [0.05, 0.1) is 12.3 Å². The molecule has 50 valence electrons. The van der Waals surface area contributed by atoms with Crippen molar-refractivity contribution in [3.63, 3.8) is 0 Å². The van der Waals surface area contributed by atoms with Crippen LogP contribution in [0.1, 0.15) is 18.7 Å². The Morgan fingerprint density at radius 1 is 1.78 bits per heavy atom. The molecule has 2 N–H and O–H groups in total. The lowest BCUT2D eigenvalue weighted by atomic mass is 10.3. The van der Waals surface area contributed by atoms with Crippen molar-refractivity contribution < 1.29 is 9.62 Å². The first kappa shape index (κ1) is 6.32. The molecule has 1 rings (SSSR count). The highest BCUT2D eigenvalue weighted by atomic mass is 16.5. The predicted octanol–water partition coefficient (Wildman–Crippen LogP) is 1.32. The molecule has 1 unspecified atom stereocenters. The highest BCUT2D eigenvalue weighted by Crippen LogP contribution is 2.10. The van der Waals surface area contributed by atoms with Crippen LogP contribution in [0.5, 0.6) is 0 Å². The fourth-order valence-electron chi connectivity index (χ4n) is 0.601. The van der Waals surface area contributed by atoms with Gasteiger partial charge >= 0.3 is 0 Å². The van der Waals surface area contributed by atoms with Crippen LogP contribution >= 0.6 is 0 Å². The van der Waals surface area contributed by atoms with E-state index in [9.17, 15) is 0 Å². The van der Waals surface area contributed by atoms with Crippen LogP contribution in [0.2, 0.25) is 0 Å². The minimum absolute atomic E-state index is 0.125. The fraction of sp³-hybridized carbons (Fsp3) is 0.333. The van der Waals surface area contributed by atoms with Crippen molar-refractivity contribution in [2.75, 3.05) is 0 Å². The minimum Gasteiger partial charge on any atom is -0.468 e. The van der Waals surface area contributed by atoms with E-state index in [1.807, 2.05) is 0 Å². The topological polar surface area (TPSA) is 45.4 Å². The van der Waals surface area contributed by atoms with Crippen LogP contribution in [0, 0.1) is 0 Å². The summed E-state index contributed by atoms with van der Waals surface area (Å²) in [4.78, 5) is 0. The van der Waals surface area contributed by atoms with Crippen molar-refractivity contribution in [1.82, 2.24) is 5.48 Å². The zero-order valence-corrected chi connectivity index (χ0v) is 5.16. The summed E-state index contributed by atoms with van der Waals surface area (Å²) in [5.74, 6) is 0.734. The normalized spacial score (nSPS) is 13.6. The van der Waals surface area contributed by atoms with Gasteiger partial charge in [-0.2, -0.15) is 5.48 Å². The lowest BCUT2D eigenvalue weighted by Gasteiger charge is -2.02. The molecule has 0 bridgehead atoms. The van der Waals surface area contributed by atoms with Crippen LogP contribution in [-0.4, -0.2) is 5.21 Å². The van der Waals surface area contributed by atoms with Crippen LogP contribution in [0.25, 0.3) is 0 Å². The first-order chi connectivity index (χ1) is 4.34. The number of hydroxylamine groups is 1. The third kappa shape index (κ3) is 1.31. The number of hydrogen-bond acceptors (Lipinski definition) is 3. The molecule has 1 heterocycles. The van der Waals surface area contributed by atoms with E-state index < -0.39 is 0 Å². The average Bonchev–Trinajstić information content (AvgIpc) is 2.37. The molecule has 0 fully saturated rings. The Morgan fingerprint density at radius 3 is 3.00 bits per heavy atom. The number of nitrogens with one attached hydrogen (secondary N) is 1. The SMILES string of the molecule is CC(NO)c1ccco1. The molecule has 0 aliphatic heterocycles. The van der Waals surface area contributed by atoms with E-state index in [1.165, 1.54) is 0 Å². The van der Waals surface area contributed by atoms with Crippen LogP contribution in [-0.2, 0) is 0 Å². The monoisotopic (exact) mass is 127 g/mol. The Balaban J connectivity index is 2.65. The first-order valence-electron chi connectivity index (χ1n) is 2.77. The summed E-state index contributed by atoms with van der Waals surface area (Å²) in [7, 11) is 0. The van der Waals surface area contributed by atoms with E-state index in [0.29, 0.717) is 0 Å². The molecule has 1 atom stereocenters. The zero-order valence-electron chi connectivity index (χ0n) is 5.16. The first-order valence-corrected chi connectivity index (χ1v) is 2.77. The average molecular weight is 127 g/mol. The summed E-state index contributed by atoms with van der Waals surface area (Å²) < 4.78 is 4.96. The van der Waals surface area contributed by atoms with E-state index in [2.05, 4.69) is 5.48 Å². The molecule has 3 nitrogen and oxygen atoms in total. The standard InChI is InChI=1S/C6H9NO2/c1-5(7-8)6-3-2-4-9-6/h2-5,7-8H,1H3. The summed E-state index contributed by atoms with van der Waals surface area (Å²) in [6.07, 6.45) is 1.57. The molecule has 0 radical (unpaired) electrons. The second-order valence-electron chi connectivity index (χ2n) is 1.87. The Hall–Kier alpha value is -0.800. The van der Waals surface area contributed by atoms with E-state index in [-0.39, 0.29) is 6.04 Å². The third-order valence-corrected chi connectivity index (χ3v) is 1.16.